The number of sulfone groups is 1. The highest BCUT2D eigenvalue weighted by atomic mass is 32.2. The summed E-state index contributed by atoms with van der Waals surface area (Å²) in [5, 5.41) is 0. The van der Waals surface area contributed by atoms with Crippen LogP contribution in [0.25, 0.3) is 0 Å². The van der Waals surface area contributed by atoms with Crippen LogP contribution in [-0.4, -0.2) is 48.2 Å². The molecule has 0 aliphatic heterocycles. The zero-order valence-corrected chi connectivity index (χ0v) is 31.6. The van der Waals surface area contributed by atoms with E-state index in [4.69, 9.17) is 15.2 Å². The predicted octanol–water partition coefficient (Wildman–Crippen LogP) is 7.86. The smallest absolute Gasteiger partial charge is 0.416 e. The number of pyridine rings is 2. The fourth-order valence-corrected chi connectivity index (χ4v) is 7.20. The zero-order chi connectivity index (χ0) is 38.4. The second kappa shape index (κ2) is 15.6. The lowest BCUT2D eigenvalue weighted by Crippen LogP contribution is -2.48. The molecule has 11 nitrogen and oxygen atoms in total. The van der Waals surface area contributed by atoms with E-state index in [1.165, 1.54) is 42.7 Å². The predicted molar refractivity (Wildman–Crippen MR) is 206 cm³/mol. The molecule has 1 unspecified atom stereocenters. The van der Waals surface area contributed by atoms with Gasteiger partial charge in [-0.2, -0.15) is 0 Å². The van der Waals surface area contributed by atoms with Crippen molar-refractivity contribution in [2.24, 2.45) is 5.73 Å². The summed E-state index contributed by atoms with van der Waals surface area (Å²) in [6.45, 7) is 9.65. The van der Waals surface area contributed by atoms with Gasteiger partial charge in [-0.1, -0.05) is 54.6 Å². The molecule has 276 valence electrons. The normalized spacial score (nSPS) is 13.0. The number of rotatable bonds is 11. The van der Waals surface area contributed by atoms with Crippen LogP contribution in [-0.2, 0) is 35.4 Å². The Morgan fingerprint density at radius 1 is 0.698 bits per heavy atom. The third-order valence-electron chi connectivity index (χ3n) is 7.88. The molecule has 5 aromatic rings. The summed E-state index contributed by atoms with van der Waals surface area (Å²) < 4.78 is 40.2. The average Bonchev–Trinajstić information content (AvgIpc) is 3.11. The standard InChI is InChI=1S/C41H45N5O6S/c1-39(2,3)51-37(47)29-45(38(48)52-40(4,5)6)36-21-13-20-35(44-36)41(42,53(49,50)34-19-14-26-43-28-34)27-30-22-24-33(25-23-30)46(31-15-9-7-10-16-31)32-17-11-8-12-18-32/h7-26,28H,27,29,42H2,1-6H3. The average molecular weight is 736 g/mol. The number of carbonyl (C=O) groups excluding carboxylic acids is 2. The van der Waals surface area contributed by atoms with Crippen LogP contribution < -0.4 is 15.5 Å². The molecule has 2 N–H and O–H groups in total. The fraction of sp³-hybridized carbons (Fsp3) is 0.268. The van der Waals surface area contributed by atoms with Gasteiger partial charge in [0.1, 0.15) is 23.6 Å². The number of benzene rings is 3. The number of hydrogen-bond donors (Lipinski definition) is 1. The highest BCUT2D eigenvalue weighted by Crippen LogP contribution is 2.37. The van der Waals surface area contributed by atoms with E-state index in [1.807, 2.05) is 84.9 Å². The van der Waals surface area contributed by atoms with E-state index in [2.05, 4.69) is 14.9 Å². The monoisotopic (exact) mass is 735 g/mol. The van der Waals surface area contributed by atoms with Crippen molar-refractivity contribution in [1.82, 2.24) is 9.97 Å². The molecule has 1 atom stereocenters. The van der Waals surface area contributed by atoms with E-state index >= 15 is 0 Å². The Bertz CT molecular complexity index is 2080. The molecule has 0 spiro atoms. The van der Waals surface area contributed by atoms with Crippen LogP contribution in [0.15, 0.2) is 133 Å². The number of nitrogens with two attached hydrogens (primary N) is 1. The van der Waals surface area contributed by atoms with Crippen molar-refractivity contribution in [3.8, 4) is 0 Å². The molecule has 0 saturated heterocycles. The van der Waals surface area contributed by atoms with Gasteiger partial charge >= 0.3 is 12.1 Å². The summed E-state index contributed by atoms with van der Waals surface area (Å²) in [7, 11) is -4.39. The Morgan fingerprint density at radius 2 is 1.26 bits per heavy atom. The van der Waals surface area contributed by atoms with Gasteiger partial charge in [0, 0.05) is 35.9 Å². The summed E-state index contributed by atoms with van der Waals surface area (Å²) in [5.41, 5.74) is 8.60. The molecule has 0 radical (unpaired) electrons. The Kier molecular flexibility index (Phi) is 11.3. The third-order valence-corrected chi connectivity index (χ3v) is 10.1. The van der Waals surface area contributed by atoms with Crippen molar-refractivity contribution in [1.29, 1.82) is 0 Å². The highest BCUT2D eigenvalue weighted by molar-refractivity contribution is 7.92. The van der Waals surface area contributed by atoms with Gasteiger partial charge in [-0.15, -0.1) is 0 Å². The van der Waals surface area contributed by atoms with Gasteiger partial charge in [-0.05, 0) is 108 Å². The molecule has 0 saturated carbocycles. The minimum absolute atomic E-state index is 0.0458. The lowest BCUT2D eigenvalue weighted by Gasteiger charge is -2.31. The molecule has 0 aliphatic rings. The largest absolute Gasteiger partial charge is 0.459 e. The highest BCUT2D eigenvalue weighted by Gasteiger charge is 2.45. The fourth-order valence-electron chi connectivity index (χ4n) is 5.58. The molecular formula is C41H45N5O6S. The summed E-state index contributed by atoms with van der Waals surface area (Å²) in [4.78, 5) is 36.0. The minimum Gasteiger partial charge on any atom is -0.459 e. The summed E-state index contributed by atoms with van der Waals surface area (Å²) in [5.74, 6) is -0.756. The van der Waals surface area contributed by atoms with Crippen LogP contribution >= 0.6 is 0 Å². The Labute approximate surface area is 311 Å². The molecule has 53 heavy (non-hydrogen) atoms. The molecule has 3 aromatic carbocycles. The number of anilines is 4. The second-order valence-electron chi connectivity index (χ2n) is 14.5. The first kappa shape index (κ1) is 38.6. The molecule has 5 rings (SSSR count). The summed E-state index contributed by atoms with van der Waals surface area (Å²) in [6, 6.07) is 34.7. The maximum absolute atomic E-state index is 14.5. The van der Waals surface area contributed by atoms with Gasteiger partial charge in [-0.3, -0.25) is 14.7 Å². The van der Waals surface area contributed by atoms with Crippen molar-refractivity contribution in [2.75, 3.05) is 16.3 Å². The zero-order valence-electron chi connectivity index (χ0n) is 30.8. The molecule has 2 aromatic heterocycles. The van der Waals surface area contributed by atoms with E-state index in [9.17, 15) is 18.0 Å². The number of nitrogens with zero attached hydrogens (tertiary/aromatic N) is 4. The number of para-hydroxylation sites is 2. The topological polar surface area (TPSA) is 145 Å². The molecule has 0 aliphatic carbocycles. The van der Waals surface area contributed by atoms with Crippen molar-refractivity contribution < 1.29 is 27.5 Å². The maximum Gasteiger partial charge on any atom is 0.416 e. The maximum atomic E-state index is 14.5. The van der Waals surface area contributed by atoms with Crippen molar-refractivity contribution in [2.45, 2.75) is 68.9 Å². The van der Waals surface area contributed by atoms with Crippen LogP contribution in [0.2, 0.25) is 0 Å². The first-order chi connectivity index (χ1) is 25.0. The lowest BCUT2D eigenvalue weighted by atomic mass is 10.0. The SMILES string of the molecule is CC(C)(C)OC(=O)CN(C(=O)OC(C)(C)C)c1cccc(C(N)(Cc2ccc(N(c3ccccc3)c3ccccc3)cc2)S(=O)(=O)c2cccnc2)n1. The van der Waals surface area contributed by atoms with Crippen LogP contribution in [0.3, 0.4) is 0 Å². The number of carbonyl (C=O) groups is 2. The first-order valence-electron chi connectivity index (χ1n) is 17.1. The lowest BCUT2D eigenvalue weighted by molar-refractivity contribution is -0.153. The summed E-state index contributed by atoms with van der Waals surface area (Å²) >= 11 is 0. The number of hydrogen-bond acceptors (Lipinski definition) is 10. The van der Waals surface area contributed by atoms with Gasteiger partial charge in [0.15, 0.2) is 4.87 Å². The van der Waals surface area contributed by atoms with E-state index in [0.717, 1.165) is 22.0 Å². The number of esters is 1. The quantitative estimate of drug-likeness (QED) is 0.133. The van der Waals surface area contributed by atoms with Crippen molar-refractivity contribution >= 4 is 44.8 Å². The number of amides is 1. The van der Waals surface area contributed by atoms with E-state index in [-0.39, 0.29) is 22.8 Å². The molecule has 12 heteroatoms. The van der Waals surface area contributed by atoms with Crippen LogP contribution in [0.1, 0.15) is 52.8 Å². The Balaban J connectivity index is 1.58. The molecule has 0 bridgehead atoms. The van der Waals surface area contributed by atoms with E-state index in [1.54, 1.807) is 41.5 Å². The van der Waals surface area contributed by atoms with Gasteiger partial charge in [-0.25, -0.2) is 18.2 Å². The summed E-state index contributed by atoms with van der Waals surface area (Å²) in [6.07, 6.45) is 1.63. The van der Waals surface area contributed by atoms with E-state index in [0.29, 0.717) is 5.56 Å². The van der Waals surface area contributed by atoms with Crippen LogP contribution in [0, 0.1) is 0 Å². The van der Waals surface area contributed by atoms with Gasteiger partial charge in [0.05, 0.1) is 10.6 Å². The second-order valence-corrected chi connectivity index (χ2v) is 16.7. The molecular weight excluding hydrogens is 691 g/mol. The molecule has 1 amide bonds. The minimum atomic E-state index is -4.39. The van der Waals surface area contributed by atoms with Gasteiger partial charge in [0.2, 0.25) is 9.84 Å². The van der Waals surface area contributed by atoms with Crippen LogP contribution in [0.5, 0.6) is 0 Å². The number of aromatic nitrogens is 2. The third kappa shape index (κ3) is 9.45. The van der Waals surface area contributed by atoms with Crippen LogP contribution in [0.4, 0.5) is 27.7 Å². The molecule has 0 fully saturated rings. The molecule has 2 heterocycles. The van der Waals surface area contributed by atoms with E-state index < -0.39 is 44.5 Å². The van der Waals surface area contributed by atoms with Crippen molar-refractivity contribution in [3.63, 3.8) is 0 Å². The Hall–Kier alpha value is -5.59. The number of ether oxygens (including phenoxy) is 2. The van der Waals surface area contributed by atoms with Gasteiger partial charge < -0.3 is 20.1 Å². The van der Waals surface area contributed by atoms with Crippen molar-refractivity contribution in [3.05, 3.63) is 139 Å². The Morgan fingerprint density at radius 3 is 1.79 bits per heavy atom. The van der Waals surface area contributed by atoms with Gasteiger partial charge in [0.25, 0.3) is 0 Å². The first-order valence-corrected chi connectivity index (χ1v) is 18.6.